The Morgan fingerprint density at radius 2 is 2.41 bits per heavy atom. The van der Waals surface area contributed by atoms with E-state index in [4.69, 9.17) is 16.3 Å². The maximum absolute atomic E-state index is 6.01. The van der Waals surface area contributed by atoms with Gasteiger partial charge in [0.1, 0.15) is 18.0 Å². The van der Waals surface area contributed by atoms with Crippen molar-refractivity contribution in [2.75, 3.05) is 19.7 Å². The number of hydrogen-bond acceptors (Lipinski definition) is 3. The number of pyridine rings is 1. The average Bonchev–Trinajstić information content (AvgIpc) is 2.86. The summed E-state index contributed by atoms with van der Waals surface area (Å²) in [5, 5.41) is 1.55. The molecule has 0 radical (unpaired) electrons. The van der Waals surface area contributed by atoms with Crippen LogP contribution in [-0.4, -0.2) is 34.6 Å². The summed E-state index contributed by atoms with van der Waals surface area (Å²) in [4.78, 5) is 9.83. The molecule has 1 N–H and O–H groups in total. The minimum absolute atomic E-state index is 0.423. The van der Waals surface area contributed by atoms with E-state index in [1.807, 2.05) is 18.5 Å². The Morgan fingerprint density at radius 1 is 1.55 bits per heavy atom. The number of ether oxygens (including phenoxy) is 1. The second kappa shape index (κ2) is 6.38. The quantitative estimate of drug-likeness (QED) is 0.937. The molecule has 0 aromatic carbocycles. The predicted octanol–water partition coefficient (Wildman–Crippen LogP) is 3.59. The lowest BCUT2D eigenvalue weighted by molar-refractivity contribution is 0.185. The van der Waals surface area contributed by atoms with Crippen LogP contribution in [0.5, 0.6) is 0 Å². The highest BCUT2D eigenvalue weighted by Crippen LogP contribution is 2.23. The molecule has 0 aliphatic carbocycles. The van der Waals surface area contributed by atoms with Gasteiger partial charge in [0.25, 0.3) is 0 Å². The van der Waals surface area contributed by atoms with E-state index in [9.17, 15) is 0 Å². The molecule has 0 spiro atoms. The van der Waals surface area contributed by atoms with Crippen LogP contribution in [-0.2, 0) is 11.3 Å². The van der Waals surface area contributed by atoms with Gasteiger partial charge in [-0.25, -0.2) is 4.98 Å². The van der Waals surface area contributed by atoms with Crippen LogP contribution in [0.3, 0.4) is 0 Å². The predicted molar refractivity (Wildman–Crippen MR) is 89.5 cm³/mol. The van der Waals surface area contributed by atoms with Crippen LogP contribution in [0.4, 0.5) is 0 Å². The van der Waals surface area contributed by atoms with E-state index in [0.29, 0.717) is 17.4 Å². The van der Waals surface area contributed by atoms with Gasteiger partial charge in [-0.15, -0.1) is 0 Å². The molecule has 22 heavy (non-hydrogen) atoms. The molecule has 3 heterocycles. The van der Waals surface area contributed by atoms with E-state index in [1.165, 1.54) is 5.56 Å². The first-order chi connectivity index (χ1) is 10.7. The summed E-state index contributed by atoms with van der Waals surface area (Å²) in [6.07, 6.45) is 5.59. The Morgan fingerprint density at radius 3 is 3.18 bits per heavy atom. The van der Waals surface area contributed by atoms with Gasteiger partial charge in [-0.2, -0.15) is 0 Å². The molecule has 3 rings (SSSR count). The lowest BCUT2D eigenvalue weighted by atomic mass is 10.1. The molecule has 0 atom stereocenters. The zero-order chi connectivity index (χ0) is 15.5. The molecule has 5 heteroatoms. The largest absolute Gasteiger partial charge is 0.490 e. The highest BCUT2D eigenvalue weighted by molar-refractivity contribution is 6.31. The molecule has 0 saturated carbocycles. The van der Waals surface area contributed by atoms with Crippen molar-refractivity contribution in [3.8, 4) is 0 Å². The third kappa shape index (κ3) is 3.08. The monoisotopic (exact) mass is 315 g/mol. The number of nitrogens with zero attached hydrogens (tertiary/aromatic N) is 2. The van der Waals surface area contributed by atoms with Crippen LogP contribution in [0.1, 0.15) is 5.56 Å². The second-order valence-corrected chi connectivity index (χ2v) is 5.74. The first kappa shape index (κ1) is 14.9. The molecule has 0 bridgehead atoms. The van der Waals surface area contributed by atoms with Gasteiger partial charge in [0, 0.05) is 43.0 Å². The second-order valence-electron chi connectivity index (χ2n) is 5.28. The van der Waals surface area contributed by atoms with E-state index in [1.54, 1.807) is 6.08 Å². The molecule has 2 aromatic heterocycles. The van der Waals surface area contributed by atoms with Crippen LogP contribution in [0.2, 0.25) is 0 Å². The molecule has 0 saturated heterocycles. The standard InChI is InChI=1S/C17H18ClN3O/c1-3-14-11-21(6-7-22-16(14)12(2)18)10-13-8-15-4-5-19-17(15)20-9-13/h3-5,8-9H,1-2,6-7,10-11H2,(H,19,20). The molecular formula is C17H18ClN3O. The van der Waals surface area contributed by atoms with E-state index in [0.717, 1.165) is 36.2 Å². The fourth-order valence-corrected chi connectivity index (χ4v) is 2.81. The van der Waals surface area contributed by atoms with Crippen molar-refractivity contribution in [1.82, 2.24) is 14.9 Å². The van der Waals surface area contributed by atoms with E-state index >= 15 is 0 Å². The van der Waals surface area contributed by atoms with Gasteiger partial charge in [0.15, 0.2) is 0 Å². The Bertz CT molecular complexity index is 747. The summed E-state index contributed by atoms with van der Waals surface area (Å²) in [7, 11) is 0. The number of fused-ring (bicyclic) bond motifs is 1. The van der Waals surface area contributed by atoms with Crippen molar-refractivity contribution < 1.29 is 4.74 Å². The summed E-state index contributed by atoms with van der Waals surface area (Å²) < 4.78 is 5.71. The van der Waals surface area contributed by atoms with Crippen molar-refractivity contribution >= 4 is 22.6 Å². The summed E-state index contributed by atoms with van der Waals surface area (Å²) in [5.41, 5.74) is 3.05. The van der Waals surface area contributed by atoms with Crippen molar-refractivity contribution in [3.63, 3.8) is 0 Å². The van der Waals surface area contributed by atoms with Gasteiger partial charge in [-0.05, 0) is 17.7 Å². The van der Waals surface area contributed by atoms with Crippen molar-refractivity contribution in [2.24, 2.45) is 0 Å². The molecule has 0 unspecified atom stereocenters. The Kier molecular flexibility index (Phi) is 4.32. The van der Waals surface area contributed by atoms with Crippen LogP contribution in [0.15, 0.2) is 60.1 Å². The number of halogens is 1. The van der Waals surface area contributed by atoms with Crippen LogP contribution in [0, 0.1) is 0 Å². The van der Waals surface area contributed by atoms with E-state index < -0.39 is 0 Å². The average molecular weight is 316 g/mol. The first-order valence-corrected chi connectivity index (χ1v) is 7.52. The van der Waals surface area contributed by atoms with Crippen LogP contribution in [0.25, 0.3) is 11.0 Å². The van der Waals surface area contributed by atoms with Gasteiger partial charge in [0.05, 0.1) is 5.03 Å². The molecule has 0 amide bonds. The normalized spacial score (nSPS) is 16.4. The summed E-state index contributed by atoms with van der Waals surface area (Å²) in [5.74, 6) is 0.651. The molecule has 4 nitrogen and oxygen atoms in total. The van der Waals surface area contributed by atoms with Gasteiger partial charge in [0.2, 0.25) is 0 Å². The van der Waals surface area contributed by atoms with Crippen molar-refractivity contribution in [2.45, 2.75) is 6.54 Å². The van der Waals surface area contributed by atoms with Gasteiger partial charge >= 0.3 is 0 Å². The number of rotatable bonds is 4. The van der Waals surface area contributed by atoms with Gasteiger partial charge in [-0.1, -0.05) is 30.8 Å². The SMILES string of the molecule is C=CC1=C(C(=C)Cl)OCCN(Cc2cnc3[nH]ccc3c2)C1. The van der Waals surface area contributed by atoms with Crippen molar-refractivity contribution in [3.05, 3.63) is 65.7 Å². The number of hydrogen-bond donors (Lipinski definition) is 1. The third-order valence-electron chi connectivity index (χ3n) is 3.70. The Hall–Kier alpha value is -2.04. The molecular weight excluding hydrogens is 298 g/mol. The van der Waals surface area contributed by atoms with Gasteiger partial charge < -0.3 is 9.72 Å². The first-order valence-electron chi connectivity index (χ1n) is 7.15. The van der Waals surface area contributed by atoms with Crippen LogP contribution < -0.4 is 0 Å². The zero-order valence-corrected chi connectivity index (χ0v) is 13.1. The number of nitrogens with one attached hydrogen (secondary N) is 1. The number of H-pyrrole nitrogens is 1. The lowest BCUT2D eigenvalue weighted by Gasteiger charge is -2.19. The summed E-state index contributed by atoms with van der Waals surface area (Å²) >= 11 is 6.01. The Labute approximate surface area is 134 Å². The molecule has 2 aromatic rings. The van der Waals surface area contributed by atoms with Crippen molar-refractivity contribution in [1.29, 1.82) is 0 Å². The molecule has 1 aliphatic heterocycles. The van der Waals surface area contributed by atoms with E-state index in [-0.39, 0.29) is 0 Å². The highest BCUT2D eigenvalue weighted by atomic mass is 35.5. The van der Waals surface area contributed by atoms with Gasteiger partial charge in [-0.3, -0.25) is 4.90 Å². The number of aromatic nitrogens is 2. The topological polar surface area (TPSA) is 41.1 Å². The minimum atomic E-state index is 0.423. The maximum atomic E-state index is 6.01. The zero-order valence-electron chi connectivity index (χ0n) is 12.3. The molecule has 1 aliphatic rings. The fourth-order valence-electron chi connectivity index (χ4n) is 2.64. The van der Waals surface area contributed by atoms with E-state index in [2.05, 4.69) is 34.1 Å². The summed E-state index contributed by atoms with van der Waals surface area (Å²) in [6, 6.07) is 4.19. The summed E-state index contributed by atoms with van der Waals surface area (Å²) in [6.45, 7) is 10.5. The smallest absolute Gasteiger partial charge is 0.141 e. The lowest BCUT2D eigenvalue weighted by Crippen LogP contribution is -2.27. The maximum Gasteiger partial charge on any atom is 0.141 e. The number of allylic oxidation sites excluding steroid dienone is 1. The molecule has 0 fully saturated rings. The van der Waals surface area contributed by atoms with Crippen LogP contribution >= 0.6 is 11.6 Å². The fraction of sp³-hybridized carbons (Fsp3) is 0.235. The minimum Gasteiger partial charge on any atom is -0.490 e. The third-order valence-corrected chi connectivity index (χ3v) is 3.87. The molecule has 114 valence electrons. The number of aromatic amines is 1. The Balaban J connectivity index is 1.80. The highest BCUT2D eigenvalue weighted by Gasteiger charge is 2.18.